The van der Waals surface area contributed by atoms with Crippen LogP contribution in [-0.4, -0.2) is 9.55 Å². The van der Waals surface area contributed by atoms with Crippen molar-refractivity contribution in [1.29, 1.82) is 0 Å². The Balaban J connectivity index is 1.90. The molecule has 6 heteroatoms. The molecule has 0 spiro atoms. The van der Waals surface area contributed by atoms with Gasteiger partial charge in [-0.1, -0.05) is 47.5 Å². The smallest absolute Gasteiger partial charge is 0.263 e. The molecule has 0 saturated carbocycles. The Hall–Kier alpha value is -2.50. The molecule has 0 amide bonds. The van der Waals surface area contributed by atoms with Crippen LogP contribution in [0.3, 0.4) is 0 Å². The van der Waals surface area contributed by atoms with Gasteiger partial charge in [-0.3, -0.25) is 9.36 Å². The summed E-state index contributed by atoms with van der Waals surface area (Å²) in [4.78, 5) is 19.3. The summed E-state index contributed by atoms with van der Waals surface area (Å²) in [5.74, 6) is -0.435. The maximum absolute atomic E-state index is 14.1. The van der Waals surface area contributed by atoms with Gasteiger partial charge in [0.15, 0.2) is 0 Å². The molecular weight excluding hydrogens is 383 g/mol. The minimum absolute atomic E-state index is 0.0372. The van der Waals surface area contributed by atoms with Crippen LogP contribution in [0.5, 0.6) is 0 Å². The zero-order chi connectivity index (χ0) is 19.1. The van der Waals surface area contributed by atoms with E-state index in [1.807, 2.05) is 38.1 Å². The van der Waals surface area contributed by atoms with Gasteiger partial charge in [0.2, 0.25) is 0 Å². The highest BCUT2D eigenvalue weighted by atomic mass is 35.5. The molecular formula is C21H16ClFN2OS. The fourth-order valence-electron chi connectivity index (χ4n) is 3.17. The van der Waals surface area contributed by atoms with E-state index < -0.39 is 5.82 Å². The summed E-state index contributed by atoms with van der Waals surface area (Å²) in [7, 11) is 0. The lowest BCUT2D eigenvalue weighted by Crippen LogP contribution is -2.21. The summed E-state index contributed by atoms with van der Waals surface area (Å²) in [6.07, 6.45) is 1.46. The van der Waals surface area contributed by atoms with Crippen LogP contribution in [0, 0.1) is 19.7 Å². The van der Waals surface area contributed by atoms with Crippen molar-refractivity contribution in [2.45, 2.75) is 20.4 Å². The van der Waals surface area contributed by atoms with E-state index >= 15 is 0 Å². The maximum Gasteiger partial charge on any atom is 0.263 e. The number of hydrogen-bond donors (Lipinski definition) is 0. The van der Waals surface area contributed by atoms with Crippen LogP contribution in [-0.2, 0) is 6.54 Å². The number of aromatic nitrogens is 2. The van der Waals surface area contributed by atoms with Crippen molar-refractivity contribution in [3.8, 4) is 11.1 Å². The van der Waals surface area contributed by atoms with Gasteiger partial charge in [0.25, 0.3) is 5.56 Å². The van der Waals surface area contributed by atoms with E-state index in [0.29, 0.717) is 15.2 Å². The largest absolute Gasteiger partial charge is 0.294 e. The summed E-state index contributed by atoms with van der Waals surface area (Å²) in [6.45, 7) is 4.05. The minimum atomic E-state index is -0.435. The van der Waals surface area contributed by atoms with Gasteiger partial charge in [0.05, 0.1) is 18.3 Å². The lowest BCUT2D eigenvalue weighted by molar-refractivity contribution is 0.595. The van der Waals surface area contributed by atoms with Gasteiger partial charge in [-0.2, -0.15) is 0 Å². The van der Waals surface area contributed by atoms with E-state index in [9.17, 15) is 9.18 Å². The third kappa shape index (κ3) is 3.17. The van der Waals surface area contributed by atoms with Gasteiger partial charge in [-0.15, -0.1) is 11.3 Å². The molecule has 0 unspecified atom stereocenters. The Bertz CT molecular complexity index is 1190. The van der Waals surface area contributed by atoms with E-state index in [0.717, 1.165) is 21.6 Å². The number of hydrogen-bond acceptors (Lipinski definition) is 3. The standard InChI is InChI=1S/C21H16ClFN2OS/c1-12-6-8-14(9-7-12)18-13(2)27-20-19(18)21(26)25(11-24-20)10-15-16(22)4-3-5-17(15)23/h3-9,11H,10H2,1-2H3. The zero-order valence-electron chi connectivity index (χ0n) is 14.8. The maximum atomic E-state index is 14.1. The van der Waals surface area contributed by atoms with E-state index in [1.165, 1.54) is 28.3 Å². The Morgan fingerprint density at radius 3 is 2.59 bits per heavy atom. The molecule has 0 fully saturated rings. The topological polar surface area (TPSA) is 34.9 Å². The second-order valence-electron chi connectivity index (χ2n) is 6.46. The first-order valence-corrected chi connectivity index (χ1v) is 9.63. The van der Waals surface area contributed by atoms with Crippen molar-refractivity contribution in [3.63, 3.8) is 0 Å². The highest BCUT2D eigenvalue weighted by Crippen LogP contribution is 2.35. The van der Waals surface area contributed by atoms with Crippen molar-refractivity contribution in [2.75, 3.05) is 0 Å². The molecule has 27 heavy (non-hydrogen) atoms. The van der Waals surface area contributed by atoms with Crippen molar-refractivity contribution in [2.24, 2.45) is 0 Å². The van der Waals surface area contributed by atoms with E-state index in [-0.39, 0.29) is 17.7 Å². The molecule has 2 aromatic carbocycles. The Kier molecular flexibility index (Phi) is 4.58. The first-order valence-electron chi connectivity index (χ1n) is 8.44. The summed E-state index contributed by atoms with van der Waals surface area (Å²) in [5, 5.41) is 0.860. The second-order valence-corrected chi connectivity index (χ2v) is 8.07. The van der Waals surface area contributed by atoms with Crippen molar-refractivity contribution < 1.29 is 4.39 Å². The number of rotatable bonds is 3. The third-order valence-corrected chi connectivity index (χ3v) is 5.95. The highest BCUT2D eigenvalue weighted by Gasteiger charge is 2.18. The van der Waals surface area contributed by atoms with Gasteiger partial charge in [0, 0.05) is 21.0 Å². The molecule has 0 aliphatic carbocycles. The molecule has 0 radical (unpaired) electrons. The van der Waals surface area contributed by atoms with Crippen LogP contribution >= 0.6 is 22.9 Å². The first kappa shape index (κ1) is 17.9. The molecule has 0 atom stereocenters. The molecule has 0 aliphatic heterocycles. The molecule has 2 heterocycles. The van der Waals surface area contributed by atoms with E-state index in [1.54, 1.807) is 12.1 Å². The number of thiophene rings is 1. The average molecular weight is 399 g/mol. The predicted octanol–water partition coefficient (Wildman–Crippen LogP) is 5.58. The van der Waals surface area contributed by atoms with Crippen LogP contribution in [0.2, 0.25) is 5.02 Å². The third-order valence-electron chi connectivity index (χ3n) is 4.59. The Morgan fingerprint density at radius 1 is 1.15 bits per heavy atom. The van der Waals surface area contributed by atoms with Crippen LogP contribution in [0.1, 0.15) is 16.0 Å². The molecule has 4 aromatic rings. The molecule has 0 N–H and O–H groups in total. The lowest BCUT2D eigenvalue weighted by Gasteiger charge is -2.09. The van der Waals surface area contributed by atoms with E-state index in [2.05, 4.69) is 4.98 Å². The molecule has 0 saturated heterocycles. The first-order chi connectivity index (χ1) is 13.0. The van der Waals surface area contributed by atoms with Crippen LogP contribution < -0.4 is 5.56 Å². The van der Waals surface area contributed by atoms with Crippen molar-refractivity contribution in [1.82, 2.24) is 9.55 Å². The van der Waals surface area contributed by atoms with Crippen LogP contribution in [0.25, 0.3) is 21.3 Å². The summed E-state index contributed by atoms with van der Waals surface area (Å²) in [5.41, 5.74) is 3.11. The normalized spacial score (nSPS) is 11.3. The van der Waals surface area contributed by atoms with Gasteiger partial charge in [-0.25, -0.2) is 9.37 Å². The molecule has 136 valence electrons. The number of fused-ring (bicyclic) bond motifs is 1. The van der Waals surface area contributed by atoms with Gasteiger partial charge >= 0.3 is 0 Å². The van der Waals surface area contributed by atoms with Gasteiger partial charge < -0.3 is 0 Å². The summed E-state index contributed by atoms with van der Waals surface area (Å²) in [6, 6.07) is 12.6. The molecule has 0 aliphatic rings. The van der Waals surface area contributed by atoms with Crippen LogP contribution in [0.15, 0.2) is 53.6 Å². The fourth-order valence-corrected chi connectivity index (χ4v) is 4.40. The molecule has 2 aromatic heterocycles. The number of aryl methyl sites for hydroxylation is 2. The Morgan fingerprint density at radius 2 is 1.89 bits per heavy atom. The lowest BCUT2D eigenvalue weighted by atomic mass is 10.0. The van der Waals surface area contributed by atoms with Gasteiger partial charge in [-0.05, 0) is 31.5 Å². The summed E-state index contributed by atoms with van der Waals surface area (Å²) >= 11 is 7.61. The summed E-state index contributed by atoms with van der Waals surface area (Å²) < 4.78 is 15.6. The highest BCUT2D eigenvalue weighted by molar-refractivity contribution is 7.19. The number of halogens is 2. The van der Waals surface area contributed by atoms with Gasteiger partial charge in [0.1, 0.15) is 10.6 Å². The van der Waals surface area contributed by atoms with Crippen LogP contribution in [0.4, 0.5) is 4.39 Å². The second kappa shape index (κ2) is 6.91. The van der Waals surface area contributed by atoms with Crippen molar-refractivity contribution in [3.05, 3.63) is 86.0 Å². The zero-order valence-corrected chi connectivity index (χ0v) is 16.4. The predicted molar refractivity (Wildman–Crippen MR) is 109 cm³/mol. The number of benzene rings is 2. The molecule has 0 bridgehead atoms. The fraction of sp³-hybridized carbons (Fsp3) is 0.143. The van der Waals surface area contributed by atoms with Crippen molar-refractivity contribution >= 4 is 33.2 Å². The quantitative estimate of drug-likeness (QED) is 0.451. The number of nitrogens with zero attached hydrogens (tertiary/aromatic N) is 2. The SMILES string of the molecule is Cc1ccc(-c2c(C)sc3ncn(Cc4c(F)cccc4Cl)c(=O)c23)cc1. The monoisotopic (exact) mass is 398 g/mol. The molecule has 4 rings (SSSR count). The average Bonchev–Trinajstić information content (AvgIpc) is 2.98. The molecule has 3 nitrogen and oxygen atoms in total. The van der Waals surface area contributed by atoms with E-state index in [4.69, 9.17) is 11.6 Å². The Labute approximate surface area is 164 Å². The minimum Gasteiger partial charge on any atom is -0.294 e.